The van der Waals surface area contributed by atoms with Crippen LogP contribution in [0.4, 0.5) is 27.8 Å². The van der Waals surface area contributed by atoms with Crippen LogP contribution in [0.1, 0.15) is 35.2 Å². The molecular weight excluding hydrogens is 489 g/mol. The molecule has 1 N–H and O–H groups in total. The van der Waals surface area contributed by atoms with Gasteiger partial charge in [-0.1, -0.05) is 0 Å². The first-order chi connectivity index (χ1) is 17.0. The van der Waals surface area contributed by atoms with E-state index in [9.17, 15) is 26.7 Å². The summed E-state index contributed by atoms with van der Waals surface area (Å²) in [5.41, 5.74) is 0.408. The molecule has 4 heterocycles. The fraction of sp³-hybridized carbons (Fsp3) is 0.409. The second kappa shape index (κ2) is 9.76. The summed E-state index contributed by atoms with van der Waals surface area (Å²) in [4.78, 5) is 26.0. The van der Waals surface area contributed by atoms with Gasteiger partial charge >= 0.3 is 6.11 Å². The number of pyridine rings is 1. The van der Waals surface area contributed by atoms with E-state index in [0.717, 1.165) is 23.5 Å². The highest BCUT2D eigenvalue weighted by Gasteiger charge is 2.48. The van der Waals surface area contributed by atoms with E-state index in [1.165, 1.54) is 23.7 Å². The Labute approximate surface area is 202 Å². The molecule has 3 aromatic heterocycles. The maximum atomic E-state index is 14.4. The first kappa shape index (κ1) is 25.4. The maximum Gasteiger partial charge on any atom is 0.373 e. The lowest BCUT2D eigenvalue weighted by molar-refractivity contribution is -0.298. The van der Waals surface area contributed by atoms with E-state index >= 15 is 0 Å². The van der Waals surface area contributed by atoms with Crippen molar-refractivity contribution in [2.75, 3.05) is 18.4 Å². The number of anilines is 1. The number of morpholine rings is 1. The van der Waals surface area contributed by atoms with Crippen molar-refractivity contribution in [3.05, 3.63) is 53.6 Å². The van der Waals surface area contributed by atoms with Crippen LogP contribution in [0.2, 0.25) is 0 Å². The Morgan fingerprint density at radius 1 is 1.22 bits per heavy atom. The van der Waals surface area contributed by atoms with Gasteiger partial charge in [0.25, 0.3) is 12.3 Å². The van der Waals surface area contributed by atoms with E-state index in [0.29, 0.717) is 5.69 Å². The molecule has 192 valence electrons. The summed E-state index contributed by atoms with van der Waals surface area (Å²) in [6.45, 7) is 1.91. The molecule has 0 aromatic carbocycles. The molecule has 1 aliphatic heterocycles. The quantitative estimate of drug-likeness (QED) is 0.505. The molecule has 4 rings (SSSR count). The minimum atomic E-state index is -3.62. The Balaban J connectivity index is 1.64. The highest BCUT2D eigenvalue weighted by Crippen LogP contribution is 2.33. The van der Waals surface area contributed by atoms with Crippen LogP contribution < -0.4 is 5.32 Å². The molecule has 9 nitrogen and oxygen atoms in total. The highest BCUT2D eigenvalue weighted by molar-refractivity contribution is 5.99. The number of hydrogen-bond acceptors (Lipinski definition) is 7. The van der Waals surface area contributed by atoms with Crippen molar-refractivity contribution in [2.24, 2.45) is 7.05 Å². The highest BCUT2D eigenvalue weighted by atomic mass is 19.3. The van der Waals surface area contributed by atoms with Gasteiger partial charge in [-0.25, -0.2) is 23.1 Å². The predicted octanol–water partition coefficient (Wildman–Crippen LogP) is 3.59. The number of halogens is 5. The van der Waals surface area contributed by atoms with Gasteiger partial charge in [0.15, 0.2) is 5.69 Å². The number of aromatic nitrogens is 5. The first-order valence-corrected chi connectivity index (χ1v) is 10.8. The molecule has 0 bridgehead atoms. The van der Waals surface area contributed by atoms with Crippen molar-refractivity contribution in [1.29, 1.82) is 0 Å². The van der Waals surface area contributed by atoms with Crippen LogP contribution >= 0.6 is 0 Å². The van der Waals surface area contributed by atoms with E-state index in [2.05, 4.69) is 25.4 Å². The topological polar surface area (TPSA) is 98.1 Å². The molecular formula is C22H22F5N7O2. The van der Waals surface area contributed by atoms with E-state index in [1.807, 2.05) is 0 Å². The Bertz CT molecular complexity index is 1230. The SMILES string of the molecule is Cc1c(-c2ccc(F)cn2)c(C(=O)N2CC(F)(F)O[C@@H](C)[C@H]2CNc2cnc(C(F)F)cn2)nn1C. The third-order valence-electron chi connectivity index (χ3n) is 5.82. The molecule has 1 fully saturated rings. The van der Waals surface area contributed by atoms with Gasteiger partial charge in [0, 0.05) is 19.3 Å². The standard InChI is InChI=1S/C22H22F5N7O2/c1-11-18(14-5-4-13(23)6-28-14)19(32-33(11)3)21(35)34-10-22(26,27)36-12(2)16(34)8-31-17-9-29-15(7-30-17)20(24)25/h4-7,9,12,16,20H,8,10H2,1-3H3,(H,30,31)/t12-,16+/m0/s1. The minimum absolute atomic E-state index is 0.0956. The summed E-state index contributed by atoms with van der Waals surface area (Å²) in [7, 11) is 1.58. The summed E-state index contributed by atoms with van der Waals surface area (Å²) in [5, 5.41) is 7.05. The number of rotatable bonds is 6. The number of nitrogens with one attached hydrogen (secondary N) is 1. The average molecular weight is 511 g/mol. The lowest BCUT2D eigenvalue weighted by Gasteiger charge is -2.43. The van der Waals surface area contributed by atoms with Gasteiger partial charge in [0.2, 0.25) is 0 Å². The fourth-order valence-corrected chi connectivity index (χ4v) is 3.93. The number of aryl methyl sites for hydroxylation is 1. The van der Waals surface area contributed by atoms with Crippen LogP contribution in [0.3, 0.4) is 0 Å². The number of nitrogens with zero attached hydrogens (tertiary/aromatic N) is 6. The number of carbonyl (C=O) groups is 1. The summed E-state index contributed by atoms with van der Waals surface area (Å²) in [6, 6.07) is 1.62. The number of hydrogen-bond donors (Lipinski definition) is 1. The summed E-state index contributed by atoms with van der Waals surface area (Å²) in [6.07, 6.45) is -4.58. The second-order valence-corrected chi connectivity index (χ2v) is 8.26. The van der Waals surface area contributed by atoms with Crippen LogP contribution in [0.5, 0.6) is 0 Å². The van der Waals surface area contributed by atoms with Gasteiger partial charge in [-0.3, -0.25) is 14.5 Å². The predicted molar refractivity (Wildman–Crippen MR) is 117 cm³/mol. The summed E-state index contributed by atoms with van der Waals surface area (Å²) < 4.78 is 73.8. The molecule has 2 atom stereocenters. The molecule has 0 radical (unpaired) electrons. The summed E-state index contributed by atoms with van der Waals surface area (Å²) in [5.74, 6) is -1.27. The number of carbonyl (C=O) groups excluding carboxylic acids is 1. The zero-order chi connectivity index (χ0) is 26.2. The first-order valence-electron chi connectivity index (χ1n) is 10.8. The van der Waals surface area contributed by atoms with Crippen molar-refractivity contribution >= 4 is 11.7 Å². The van der Waals surface area contributed by atoms with Crippen LogP contribution in [0, 0.1) is 12.7 Å². The van der Waals surface area contributed by atoms with Crippen molar-refractivity contribution in [3.63, 3.8) is 0 Å². The molecule has 3 aromatic rings. The van der Waals surface area contributed by atoms with Crippen molar-refractivity contribution in [3.8, 4) is 11.3 Å². The van der Waals surface area contributed by atoms with Gasteiger partial charge in [-0.05, 0) is 26.0 Å². The molecule has 0 unspecified atom stereocenters. The smallest absolute Gasteiger partial charge is 0.367 e. The lowest BCUT2D eigenvalue weighted by Crippen LogP contribution is -2.61. The molecule has 0 spiro atoms. The van der Waals surface area contributed by atoms with Crippen LogP contribution in [0.25, 0.3) is 11.3 Å². The van der Waals surface area contributed by atoms with E-state index in [1.54, 1.807) is 14.0 Å². The lowest BCUT2D eigenvalue weighted by atomic mass is 10.0. The number of amides is 1. The third-order valence-corrected chi connectivity index (χ3v) is 5.82. The average Bonchev–Trinajstić information content (AvgIpc) is 3.12. The van der Waals surface area contributed by atoms with Gasteiger partial charge < -0.3 is 15.0 Å². The van der Waals surface area contributed by atoms with Gasteiger partial charge in [-0.15, -0.1) is 0 Å². The van der Waals surface area contributed by atoms with E-state index in [4.69, 9.17) is 4.74 Å². The Morgan fingerprint density at radius 2 is 1.97 bits per heavy atom. The summed E-state index contributed by atoms with van der Waals surface area (Å²) >= 11 is 0. The maximum absolute atomic E-state index is 14.4. The molecule has 14 heteroatoms. The van der Waals surface area contributed by atoms with Gasteiger partial charge in [0.1, 0.15) is 23.9 Å². The zero-order valence-corrected chi connectivity index (χ0v) is 19.4. The molecule has 0 aliphatic carbocycles. The largest absolute Gasteiger partial charge is 0.373 e. The molecule has 1 aliphatic rings. The van der Waals surface area contributed by atoms with Crippen LogP contribution in [-0.2, 0) is 11.8 Å². The minimum Gasteiger partial charge on any atom is -0.367 e. The Morgan fingerprint density at radius 3 is 2.58 bits per heavy atom. The monoisotopic (exact) mass is 511 g/mol. The normalized spacial score (nSPS) is 19.5. The number of ether oxygens (including phenoxy) is 1. The number of alkyl halides is 4. The van der Waals surface area contributed by atoms with Crippen LogP contribution in [-0.4, -0.2) is 66.9 Å². The fourth-order valence-electron chi connectivity index (χ4n) is 3.93. The molecule has 1 amide bonds. The molecule has 0 saturated carbocycles. The van der Waals surface area contributed by atoms with Crippen molar-refractivity contribution < 1.29 is 31.5 Å². The van der Waals surface area contributed by atoms with Crippen molar-refractivity contribution in [2.45, 2.75) is 38.5 Å². The van der Waals surface area contributed by atoms with Crippen LogP contribution in [0.15, 0.2) is 30.7 Å². The van der Waals surface area contributed by atoms with Gasteiger partial charge in [-0.2, -0.15) is 13.9 Å². The van der Waals surface area contributed by atoms with Gasteiger partial charge in [0.05, 0.1) is 42.0 Å². The van der Waals surface area contributed by atoms with E-state index in [-0.39, 0.29) is 29.3 Å². The second-order valence-electron chi connectivity index (χ2n) is 8.26. The van der Waals surface area contributed by atoms with E-state index < -0.39 is 48.6 Å². The third kappa shape index (κ3) is 5.12. The Kier molecular flexibility index (Phi) is 6.89. The Hall–Kier alpha value is -3.68. The zero-order valence-electron chi connectivity index (χ0n) is 19.4. The van der Waals surface area contributed by atoms with Crippen molar-refractivity contribution in [1.82, 2.24) is 29.6 Å². The molecule has 1 saturated heterocycles. The molecule has 36 heavy (non-hydrogen) atoms.